The van der Waals surface area contributed by atoms with Crippen LogP contribution in [-0.4, -0.2) is 20.2 Å². The summed E-state index contributed by atoms with van der Waals surface area (Å²) in [5.74, 6) is 0.852. The van der Waals surface area contributed by atoms with Gasteiger partial charge in [-0.25, -0.2) is 4.57 Å². The van der Waals surface area contributed by atoms with Crippen molar-refractivity contribution in [3.05, 3.63) is 42.5 Å². The molecule has 3 rings (SSSR count). The second-order valence-corrected chi connectivity index (χ2v) is 6.68. The topological polar surface area (TPSA) is 41.1 Å². The first kappa shape index (κ1) is 20.1. The van der Waals surface area contributed by atoms with Gasteiger partial charge in [0.15, 0.2) is 0 Å². The van der Waals surface area contributed by atoms with Crippen LogP contribution in [0.25, 0.3) is 10.2 Å². The molecule has 0 aliphatic carbocycles. The van der Waals surface area contributed by atoms with E-state index in [4.69, 9.17) is 4.74 Å². The molecule has 0 spiro atoms. The lowest BCUT2D eigenvalue weighted by Gasteiger charge is -2.20. The number of aromatic nitrogens is 1. The van der Waals surface area contributed by atoms with E-state index in [9.17, 15) is 0 Å². The van der Waals surface area contributed by atoms with Crippen LogP contribution in [-0.2, 0) is 7.05 Å². The van der Waals surface area contributed by atoms with Gasteiger partial charge >= 0.3 is 5.13 Å². The van der Waals surface area contributed by atoms with Crippen molar-refractivity contribution in [1.29, 1.82) is 0 Å². The first-order chi connectivity index (χ1) is 12.2. The third kappa shape index (κ3) is 4.14. The molecule has 7 heteroatoms. The summed E-state index contributed by atoms with van der Waals surface area (Å²) in [5, 5.41) is 9.69. The summed E-state index contributed by atoms with van der Waals surface area (Å²) >= 11 is 1.60. The number of anilines is 1. The average Bonchev–Trinajstić information content (AvgIpc) is 2.97. The quantitative estimate of drug-likeness (QED) is 0.477. The summed E-state index contributed by atoms with van der Waals surface area (Å²) in [7, 11) is 3.68. The number of thiazole rings is 1. The maximum Gasteiger partial charge on any atom is 0.409 e. The van der Waals surface area contributed by atoms with E-state index in [2.05, 4.69) is 41.1 Å². The van der Waals surface area contributed by atoms with Gasteiger partial charge in [0.05, 0.1) is 24.0 Å². The number of halogens is 1. The summed E-state index contributed by atoms with van der Waals surface area (Å²) in [6.45, 7) is 6.32. The molecule has 0 N–H and O–H groups in total. The predicted molar refractivity (Wildman–Crippen MR) is 104 cm³/mol. The SMILES string of the molecule is CCN(CC)c1ccc(N=Nc2sc3cc(OC)ccc3[n+]2C)cc1.[Cl-]. The molecule has 0 unspecified atom stereocenters. The summed E-state index contributed by atoms with van der Waals surface area (Å²) in [6, 6.07) is 14.2. The van der Waals surface area contributed by atoms with E-state index in [0.29, 0.717) is 0 Å². The van der Waals surface area contributed by atoms with E-state index < -0.39 is 0 Å². The molecule has 26 heavy (non-hydrogen) atoms. The Balaban J connectivity index is 0.00000243. The first-order valence-electron chi connectivity index (χ1n) is 8.39. The minimum Gasteiger partial charge on any atom is -1.00 e. The predicted octanol–water partition coefficient (Wildman–Crippen LogP) is 2.00. The van der Waals surface area contributed by atoms with Crippen LogP contribution in [0.1, 0.15) is 13.8 Å². The molecular formula is C19H23ClN4OS. The van der Waals surface area contributed by atoms with Crippen LogP contribution in [0.4, 0.5) is 16.5 Å². The Morgan fingerprint density at radius 1 is 1.04 bits per heavy atom. The highest BCUT2D eigenvalue weighted by Crippen LogP contribution is 2.30. The number of nitrogens with zero attached hydrogens (tertiary/aromatic N) is 4. The smallest absolute Gasteiger partial charge is 0.409 e. The number of ether oxygens (including phenoxy) is 1. The Morgan fingerprint density at radius 2 is 1.73 bits per heavy atom. The standard InChI is InChI=1S/C19H23N4OS.ClH/c1-5-23(6-2)15-9-7-14(8-10-15)20-21-19-22(3)17-12-11-16(24-4)13-18(17)25-19;/h7-13H,5-6H2,1-4H3;1H/q+1;/p-1. The molecule has 0 atom stereocenters. The number of hydrogen-bond donors (Lipinski definition) is 0. The Labute approximate surface area is 164 Å². The number of hydrogen-bond acceptors (Lipinski definition) is 5. The second kappa shape index (κ2) is 8.96. The van der Waals surface area contributed by atoms with Crippen molar-refractivity contribution in [2.45, 2.75) is 13.8 Å². The molecule has 0 fully saturated rings. The number of benzene rings is 2. The average molecular weight is 391 g/mol. The molecule has 138 valence electrons. The third-order valence-corrected chi connectivity index (χ3v) is 5.33. The molecule has 0 saturated heterocycles. The van der Waals surface area contributed by atoms with Crippen LogP contribution in [0.15, 0.2) is 52.7 Å². The van der Waals surface area contributed by atoms with E-state index in [1.54, 1.807) is 18.4 Å². The Kier molecular flexibility index (Phi) is 6.94. The molecule has 5 nitrogen and oxygen atoms in total. The van der Waals surface area contributed by atoms with Crippen molar-refractivity contribution in [2.24, 2.45) is 17.3 Å². The lowest BCUT2D eigenvalue weighted by molar-refractivity contribution is -0.627. The summed E-state index contributed by atoms with van der Waals surface area (Å²) in [6.07, 6.45) is 0. The van der Waals surface area contributed by atoms with Crippen molar-refractivity contribution < 1.29 is 21.7 Å². The monoisotopic (exact) mass is 390 g/mol. The number of fused-ring (bicyclic) bond motifs is 1. The molecule has 0 aliphatic rings. The van der Waals surface area contributed by atoms with Gasteiger partial charge in [0.1, 0.15) is 17.0 Å². The number of aryl methyl sites for hydroxylation is 1. The van der Waals surface area contributed by atoms with Gasteiger partial charge in [-0.2, -0.15) is 0 Å². The van der Waals surface area contributed by atoms with E-state index in [1.165, 1.54) is 5.69 Å². The molecule has 1 heterocycles. The Hall–Kier alpha value is -2.18. The summed E-state index contributed by atoms with van der Waals surface area (Å²) in [5.41, 5.74) is 3.19. The van der Waals surface area contributed by atoms with Crippen LogP contribution < -0.4 is 26.6 Å². The molecule has 0 amide bonds. The Bertz CT molecular complexity index is 888. The van der Waals surface area contributed by atoms with Crippen LogP contribution in [0, 0.1) is 0 Å². The van der Waals surface area contributed by atoms with Crippen molar-refractivity contribution >= 4 is 38.1 Å². The summed E-state index contributed by atoms with van der Waals surface area (Å²) < 4.78 is 8.47. The largest absolute Gasteiger partial charge is 1.00 e. The molecule has 0 radical (unpaired) electrons. The highest BCUT2D eigenvalue weighted by Gasteiger charge is 2.16. The van der Waals surface area contributed by atoms with Gasteiger partial charge < -0.3 is 22.0 Å². The van der Waals surface area contributed by atoms with Crippen molar-refractivity contribution in [3.8, 4) is 5.75 Å². The fraction of sp³-hybridized carbons (Fsp3) is 0.316. The molecular weight excluding hydrogens is 368 g/mol. The second-order valence-electron chi connectivity index (χ2n) is 5.67. The van der Waals surface area contributed by atoms with Gasteiger partial charge in [-0.3, -0.25) is 0 Å². The Morgan fingerprint density at radius 3 is 2.35 bits per heavy atom. The van der Waals surface area contributed by atoms with Crippen molar-refractivity contribution in [3.63, 3.8) is 0 Å². The number of methoxy groups -OCH3 is 1. The zero-order valence-electron chi connectivity index (χ0n) is 15.4. The number of azo groups is 1. The van der Waals surface area contributed by atoms with Crippen LogP contribution in [0.3, 0.4) is 0 Å². The first-order valence-corrected chi connectivity index (χ1v) is 9.21. The summed E-state index contributed by atoms with van der Waals surface area (Å²) in [4.78, 5) is 2.31. The van der Waals surface area contributed by atoms with Gasteiger partial charge in [0.2, 0.25) is 0 Å². The van der Waals surface area contributed by atoms with E-state index >= 15 is 0 Å². The molecule has 0 saturated carbocycles. The lowest BCUT2D eigenvalue weighted by atomic mass is 10.2. The lowest BCUT2D eigenvalue weighted by Crippen LogP contribution is -3.00. The molecule has 0 bridgehead atoms. The van der Waals surface area contributed by atoms with Gasteiger partial charge in [0.25, 0.3) is 0 Å². The molecule has 1 aromatic heterocycles. The minimum atomic E-state index is 0. The molecule has 3 aromatic rings. The maximum absolute atomic E-state index is 5.29. The van der Waals surface area contributed by atoms with Crippen LogP contribution in [0.5, 0.6) is 5.75 Å². The third-order valence-electron chi connectivity index (χ3n) is 4.25. The van der Waals surface area contributed by atoms with Gasteiger partial charge in [-0.05, 0) is 66.7 Å². The van der Waals surface area contributed by atoms with Gasteiger partial charge in [-0.15, -0.1) is 0 Å². The zero-order valence-corrected chi connectivity index (χ0v) is 17.0. The molecule has 2 aromatic carbocycles. The van der Waals surface area contributed by atoms with E-state index in [-0.39, 0.29) is 12.4 Å². The molecule has 0 aliphatic heterocycles. The minimum absolute atomic E-state index is 0. The van der Waals surface area contributed by atoms with E-state index in [1.807, 2.05) is 41.9 Å². The van der Waals surface area contributed by atoms with Gasteiger partial charge in [-0.1, -0.05) is 0 Å². The van der Waals surface area contributed by atoms with Crippen molar-refractivity contribution in [1.82, 2.24) is 0 Å². The van der Waals surface area contributed by atoms with E-state index in [0.717, 1.165) is 39.9 Å². The van der Waals surface area contributed by atoms with Crippen LogP contribution >= 0.6 is 11.3 Å². The fourth-order valence-electron chi connectivity index (χ4n) is 2.76. The highest BCUT2D eigenvalue weighted by molar-refractivity contribution is 7.21. The normalized spacial score (nSPS) is 10.9. The van der Waals surface area contributed by atoms with Crippen molar-refractivity contribution in [2.75, 3.05) is 25.1 Å². The van der Waals surface area contributed by atoms with Gasteiger partial charge in [0, 0.05) is 24.8 Å². The zero-order chi connectivity index (χ0) is 17.8. The highest BCUT2D eigenvalue weighted by atomic mass is 35.5. The fourth-order valence-corrected chi connectivity index (χ4v) is 3.76. The van der Waals surface area contributed by atoms with Crippen LogP contribution in [0.2, 0.25) is 0 Å². The number of rotatable bonds is 6. The maximum atomic E-state index is 5.29.